The first-order chi connectivity index (χ1) is 12.2. The zero-order valence-electron chi connectivity index (χ0n) is 14.0. The molecule has 0 atom stereocenters. The second-order valence-electron chi connectivity index (χ2n) is 5.80. The molecule has 0 aromatic carbocycles. The number of aliphatic carboxylic acids is 1. The van der Waals surface area contributed by atoms with Crippen LogP contribution in [0.25, 0.3) is 0 Å². The monoisotopic (exact) mass is 389 g/mol. The predicted molar refractivity (Wildman–Crippen MR) is 90.2 cm³/mol. The summed E-state index contributed by atoms with van der Waals surface area (Å²) in [4.78, 5) is 27.8. The Labute approximate surface area is 151 Å². The van der Waals surface area contributed by atoms with E-state index in [1.807, 2.05) is 0 Å². The fraction of sp³-hybridized carbons (Fsp3) is 0.438. The number of carboxylic acids is 1. The molecule has 0 radical (unpaired) electrons. The molecule has 1 N–H and O–H groups in total. The molecule has 0 amide bonds. The van der Waals surface area contributed by atoms with E-state index < -0.39 is 12.1 Å². The SMILES string of the molecule is Cn1cnc2c(c1=O)CCN(Cc1ccsc1)CC2.O=C(O)C(F)(F)F. The van der Waals surface area contributed by atoms with Crippen LogP contribution in [0.3, 0.4) is 0 Å². The number of aromatic nitrogens is 2. The highest BCUT2D eigenvalue weighted by molar-refractivity contribution is 7.07. The molecular weight excluding hydrogens is 371 g/mol. The Bertz CT molecular complexity index is 803. The summed E-state index contributed by atoms with van der Waals surface area (Å²) in [6.45, 7) is 2.88. The van der Waals surface area contributed by atoms with Gasteiger partial charge in [-0.1, -0.05) is 0 Å². The molecule has 0 saturated carbocycles. The normalized spacial score (nSPS) is 14.8. The smallest absolute Gasteiger partial charge is 0.475 e. The Balaban J connectivity index is 0.000000298. The molecule has 142 valence electrons. The number of thiophene rings is 1. The van der Waals surface area contributed by atoms with Gasteiger partial charge in [0.05, 0.1) is 12.0 Å². The molecule has 1 aliphatic heterocycles. The topological polar surface area (TPSA) is 75.4 Å². The number of fused-ring (bicyclic) bond motifs is 1. The molecule has 1 aliphatic rings. The van der Waals surface area contributed by atoms with Crippen LogP contribution in [0.2, 0.25) is 0 Å². The van der Waals surface area contributed by atoms with Crippen molar-refractivity contribution in [3.63, 3.8) is 0 Å². The van der Waals surface area contributed by atoms with Gasteiger partial charge in [0.15, 0.2) is 0 Å². The molecule has 3 heterocycles. The molecule has 0 aliphatic carbocycles. The number of halogens is 3. The van der Waals surface area contributed by atoms with E-state index in [2.05, 4.69) is 26.7 Å². The van der Waals surface area contributed by atoms with Crippen molar-refractivity contribution in [1.82, 2.24) is 14.5 Å². The van der Waals surface area contributed by atoms with Crippen molar-refractivity contribution in [2.75, 3.05) is 13.1 Å². The van der Waals surface area contributed by atoms with Gasteiger partial charge in [-0.15, -0.1) is 0 Å². The Hall–Kier alpha value is -2.20. The summed E-state index contributed by atoms with van der Waals surface area (Å²) in [6.07, 6.45) is -1.77. The average Bonchev–Trinajstić information content (AvgIpc) is 2.98. The van der Waals surface area contributed by atoms with Gasteiger partial charge in [0.1, 0.15) is 0 Å². The van der Waals surface area contributed by atoms with Crippen LogP contribution in [0.1, 0.15) is 16.8 Å². The van der Waals surface area contributed by atoms with E-state index in [9.17, 15) is 18.0 Å². The van der Waals surface area contributed by atoms with E-state index >= 15 is 0 Å². The van der Waals surface area contributed by atoms with Crippen molar-refractivity contribution in [2.45, 2.75) is 25.6 Å². The minimum atomic E-state index is -5.08. The number of nitrogens with zero attached hydrogens (tertiary/aromatic N) is 3. The van der Waals surface area contributed by atoms with Crippen molar-refractivity contribution >= 4 is 17.3 Å². The van der Waals surface area contributed by atoms with E-state index in [1.165, 1.54) is 5.56 Å². The maximum atomic E-state index is 12.1. The van der Waals surface area contributed by atoms with Gasteiger partial charge in [0.25, 0.3) is 5.56 Å². The minimum absolute atomic E-state index is 0.113. The first kappa shape index (κ1) is 20.1. The highest BCUT2D eigenvalue weighted by Gasteiger charge is 2.38. The zero-order chi connectivity index (χ0) is 19.3. The van der Waals surface area contributed by atoms with Crippen LogP contribution < -0.4 is 5.56 Å². The van der Waals surface area contributed by atoms with Crippen LogP contribution in [0.15, 0.2) is 27.9 Å². The van der Waals surface area contributed by atoms with E-state index in [-0.39, 0.29) is 5.56 Å². The van der Waals surface area contributed by atoms with Gasteiger partial charge in [-0.25, -0.2) is 9.78 Å². The van der Waals surface area contributed by atoms with Crippen molar-refractivity contribution < 1.29 is 23.1 Å². The fourth-order valence-electron chi connectivity index (χ4n) is 2.53. The summed E-state index contributed by atoms with van der Waals surface area (Å²) in [5, 5.41) is 11.4. The van der Waals surface area contributed by atoms with E-state index in [0.717, 1.165) is 43.7 Å². The van der Waals surface area contributed by atoms with Crippen LogP contribution >= 0.6 is 11.3 Å². The summed E-state index contributed by atoms with van der Waals surface area (Å²) < 4.78 is 33.3. The molecular formula is C16H18F3N3O3S. The highest BCUT2D eigenvalue weighted by atomic mass is 32.1. The first-order valence-electron chi connectivity index (χ1n) is 7.75. The maximum absolute atomic E-state index is 12.1. The standard InChI is InChI=1S/C14H17N3OS.C2HF3O2/c1-16-10-15-13-3-6-17(5-2-12(13)14(16)18)8-11-4-7-19-9-11;3-2(4,5)1(6)7/h4,7,9-10H,2-3,5-6,8H2,1H3;(H,6,7). The summed E-state index contributed by atoms with van der Waals surface area (Å²) in [5.74, 6) is -2.76. The second kappa shape index (κ2) is 8.45. The van der Waals surface area contributed by atoms with Crippen molar-refractivity contribution in [2.24, 2.45) is 7.05 Å². The lowest BCUT2D eigenvalue weighted by atomic mass is 10.1. The Morgan fingerprint density at radius 2 is 2.00 bits per heavy atom. The van der Waals surface area contributed by atoms with Crippen molar-refractivity contribution in [3.05, 3.63) is 50.3 Å². The summed E-state index contributed by atoms with van der Waals surface area (Å²) in [5.41, 5.74) is 3.35. The summed E-state index contributed by atoms with van der Waals surface area (Å²) in [7, 11) is 1.77. The third-order valence-electron chi connectivity index (χ3n) is 3.89. The van der Waals surface area contributed by atoms with Gasteiger partial charge < -0.3 is 9.67 Å². The van der Waals surface area contributed by atoms with Crippen molar-refractivity contribution in [3.8, 4) is 0 Å². The molecule has 0 saturated heterocycles. The quantitative estimate of drug-likeness (QED) is 0.851. The molecule has 0 unspecified atom stereocenters. The van der Waals surface area contributed by atoms with Crippen LogP contribution in [0.5, 0.6) is 0 Å². The number of aryl methyl sites for hydroxylation is 1. The van der Waals surface area contributed by atoms with E-state index in [1.54, 1.807) is 29.3 Å². The number of carboxylic acid groups (broad SMARTS) is 1. The van der Waals surface area contributed by atoms with Gasteiger partial charge in [-0.2, -0.15) is 24.5 Å². The Morgan fingerprint density at radius 1 is 1.35 bits per heavy atom. The van der Waals surface area contributed by atoms with Gasteiger partial charge in [-0.05, 0) is 28.8 Å². The molecule has 0 bridgehead atoms. The fourth-order valence-corrected chi connectivity index (χ4v) is 3.19. The molecule has 0 spiro atoms. The largest absolute Gasteiger partial charge is 0.490 e. The van der Waals surface area contributed by atoms with Crippen LogP contribution in [0, 0.1) is 0 Å². The zero-order valence-corrected chi connectivity index (χ0v) is 14.8. The number of carbonyl (C=O) groups is 1. The number of hydrogen-bond acceptors (Lipinski definition) is 5. The lowest BCUT2D eigenvalue weighted by Gasteiger charge is -2.18. The summed E-state index contributed by atoms with van der Waals surface area (Å²) >= 11 is 1.73. The van der Waals surface area contributed by atoms with Gasteiger partial charge in [0, 0.05) is 38.7 Å². The molecule has 0 fully saturated rings. The Kier molecular flexibility index (Phi) is 6.54. The lowest BCUT2D eigenvalue weighted by molar-refractivity contribution is -0.192. The molecule has 10 heteroatoms. The molecule has 3 rings (SSSR count). The third kappa shape index (κ3) is 5.40. The molecule has 26 heavy (non-hydrogen) atoms. The van der Waals surface area contributed by atoms with Gasteiger partial charge in [0.2, 0.25) is 0 Å². The third-order valence-corrected chi connectivity index (χ3v) is 4.62. The van der Waals surface area contributed by atoms with Crippen molar-refractivity contribution in [1.29, 1.82) is 0 Å². The first-order valence-corrected chi connectivity index (χ1v) is 8.69. The van der Waals surface area contributed by atoms with Gasteiger partial charge in [-0.3, -0.25) is 9.69 Å². The molecule has 2 aromatic heterocycles. The van der Waals surface area contributed by atoms with E-state index in [4.69, 9.17) is 9.90 Å². The predicted octanol–water partition coefficient (Wildman–Crippen LogP) is 2.08. The van der Waals surface area contributed by atoms with Crippen LogP contribution in [-0.2, 0) is 31.2 Å². The lowest BCUT2D eigenvalue weighted by Crippen LogP contribution is -2.26. The minimum Gasteiger partial charge on any atom is -0.475 e. The number of alkyl halides is 3. The highest BCUT2D eigenvalue weighted by Crippen LogP contribution is 2.14. The molecule has 6 nitrogen and oxygen atoms in total. The summed E-state index contributed by atoms with van der Waals surface area (Å²) in [6, 6.07) is 2.17. The average molecular weight is 389 g/mol. The second-order valence-corrected chi connectivity index (χ2v) is 6.58. The van der Waals surface area contributed by atoms with Crippen LogP contribution in [-0.4, -0.2) is 44.8 Å². The maximum Gasteiger partial charge on any atom is 0.490 e. The van der Waals surface area contributed by atoms with E-state index in [0.29, 0.717) is 0 Å². The number of rotatable bonds is 2. The van der Waals surface area contributed by atoms with Gasteiger partial charge >= 0.3 is 12.1 Å². The molecule has 2 aromatic rings. The number of hydrogen-bond donors (Lipinski definition) is 1. The van der Waals surface area contributed by atoms with Crippen LogP contribution in [0.4, 0.5) is 13.2 Å². The Morgan fingerprint density at radius 3 is 2.58 bits per heavy atom.